The Morgan fingerprint density at radius 1 is 0.370 bits per heavy atom. The van der Waals surface area contributed by atoms with Gasteiger partial charge in [0.25, 0.3) is 0 Å². The van der Waals surface area contributed by atoms with Crippen molar-refractivity contribution in [2.75, 3.05) is 0 Å². The summed E-state index contributed by atoms with van der Waals surface area (Å²) in [5.41, 5.74) is 13.7. The van der Waals surface area contributed by atoms with Crippen molar-refractivity contribution in [3.8, 4) is 78.4 Å². The Balaban J connectivity index is 1.03. The van der Waals surface area contributed by atoms with Gasteiger partial charge >= 0.3 is 0 Å². The van der Waals surface area contributed by atoms with E-state index in [1.54, 1.807) is 6.07 Å². The van der Waals surface area contributed by atoms with E-state index in [2.05, 4.69) is 115 Å². The number of hydrogen-bond donors (Lipinski definition) is 0. The SMILES string of the molecule is [2H]C([2H])([2H])C1([2H])c2ccccc2-c2ccc(-c3ccc(-c4ccc(-c5cc(-c6ccc(-c7ccccc7)cc6)nc(-c6ccccc6)n5)c5ccccc45)cc3)cc21. The smallest absolute Gasteiger partial charge is 0.160 e. The fraction of sp³-hybridized carbons (Fsp3) is 0.0385. The molecular weight excluding hydrogens is 653 g/mol. The molecule has 10 rings (SSSR count). The first-order valence-corrected chi connectivity index (χ1v) is 18.2. The van der Waals surface area contributed by atoms with Gasteiger partial charge in [-0.25, -0.2) is 9.97 Å². The van der Waals surface area contributed by atoms with Crippen molar-refractivity contribution in [1.29, 1.82) is 0 Å². The molecule has 0 N–H and O–H groups in total. The van der Waals surface area contributed by atoms with Crippen LogP contribution in [-0.4, -0.2) is 9.97 Å². The van der Waals surface area contributed by atoms with Gasteiger partial charge in [0.15, 0.2) is 5.82 Å². The molecule has 0 bridgehead atoms. The van der Waals surface area contributed by atoms with Gasteiger partial charge in [0.1, 0.15) is 0 Å². The molecule has 0 spiro atoms. The van der Waals surface area contributed by atoms with Crippen molar-refractivity contribution in [1.82, 2.24) is 9.97 Å². The average Bonchev–Trinajstić information content (AvgIpc) is 3.55. The maximum absolute atomic E-state index is 9.34. The van der Waals surface area contributed by atoms with Crippen LogP contribution >= 0.6 is 0 Å². The maximum Gasteiger partial charge on any atom is 0.160 e. The molecule has 1 unspecified atom stereocenters. The molecule has 0 saturated heterocycles. The topological polar surface area (TPSA) is 25.8 Å². The highest BCUT2D eigenvalue weighted by atomic mass is 14.9. The highest BCUT2D eigenvalue weighted by molar-refractivity contribution is 6.05. The predicted molar refractivity (Wildman–Crippen MR) is 225 cm³/mol. The summed E-state index contributed by atoms with van der Waals surface area (Å²) < 4.78 is 34.5. The largest absolute Gasteiger partial charge is 0.228 e. The van der Waals surface area contributed by atoms with E-state index in [9.17, 15) is 1.37 Å². The monoisotopic (exact) mass is 692 g/mol. The van der Waals surface area contributed by atoms with Crippen LogP contribution in [0.25, 0.3) is 89.2 Å². The van der Waals surface area contributed by atoms with Crippen LogP contribution in [0.1, 0.15) is 29.4 Å². The predicted octanol–water partition coefficient (Wildman–Crippen LogP) is 13.8. The Kier molecular flexibility index (Phi) is 6.80. The highest BCUT2D eigenvalue weighted by Crippen LogP contribution is 2.46. The Hall–Kier alpha value is -6.90. The summed E-state index contributed by atoms with van der Waals surface area (Å²) in [5.74, 6) is -1.17. The van der Waals surface area contributed by atoms with Crippen LogP contribution in [0.5, 0.6) is 0 Å². The van der Waals surface area contributed by atoms with Gasteiger partial charge < -0.3 is 0 Å². The molecule has 8 aromatic carbocycles. The lowest BCUT2D eigenvalue weighted by Crippen LogP contribution is -1.97. The van der Waals surface area contributed by atoms with E-state index in [1.807, 2.05) is 72.8 Å². The van der Waals surface area contributed by atoms with E-state index in [0.29, 0.717) is 17.0 Å². The summed E-state index contributed by atoms with van der Waals surface area (Å²) in [5, 5.41) is 2.19. The molecule has 0 amide bonds. The summed E-state index contributed by atoms with van der Waals surface area (Å²) in [4.78, 5) is 10.2. The number of aromatic nitrogens is 2. The Bertz CT molecular complexity index is 2980. The van der Waals surface area contributed by atoms with Crippen LogP contribution in [0.15, 0.2) is 194 Å². The van der Waals surface area contributed by atoms with E-state index in [4.69, 9.17) is 14.1 Å². The summed E-state index contributed by atoms with van der Waals surface area (Å²) >= 11 is 0. The minimum Gasteiger partial charge on any atom is -0.228 e. The minimum absolute atomic E-state index is 0.518. The van der Waals surface area contributed by atoms with Gasteiger partial charge in [-0.2, -0.15) is 0 Å². The number of benzene rings is 8. The number of rotatable bonds is 6. The van der Waals surface area contributed by atoms with Crippen LogP contribution in [0.4, 0.5) is 0 Å². The minimum atomic E-state index is -2.53. The second kappa shape index (κ2) is 13.3. The Morgan fingerprint density at radius 3 is 1.61 bits per heavy atom. The van der Waals surface area contributed by atoms with Crippen molar-refractivity contribution in [2.45, 2.75) is 12.7 Å². The quantitative estimate of drug-likeness (QED) is 0.173. The zero-order valence-electron chi connectivity index (χ0n) is 33.4. The standard InChI is InChI=1S/C52H36N2/c1-34-42-16-8-9-17-44(42)47-29-28-41(32-49(34)47)37-20-24-38(25-21-37)43-30-31-48(46-19-11-10-18-45(43)46)51-33-50(53-52(54-51)40-14-6-3-7-15-40)39-26-22-36(23-27-39)35-12-4-2-5-13-35/h2-34H,1H3/i1D3,34D. The molecule has 0 aliphatic heterocycles. The van der Waals surface area contributed by atoms with E-state index in [-0.39, 0.29) is 0 Å². The molecule has 1 atom stereocenters. The first-order chi connectivity index (χ1) is 28.3. The Morgan fingerprint density at radius 2 is 0.870 bits per heavy atom. The maximum atomic E-state index is 9.34. The second-order valence-electron chi connectivity index (χ2n) is 13.7. The van der Waals surface area contributed by atoms with Gasteiger partial charge in [-0.15, -0.1) is 0 Å². The third-order valence-electron chi connectivity index (χ3n) is 10.6. The number of fused-ring (bicyclic) bond motifs is 4. The van der Waals surface area contributed by atoms with Gasteiger partial charge in [0.05, 0.1) is 11.4 Å². The molecule has 0 radical (unpaired) electrons. The molecule has 1 heterocycles. The van der Waals surface area contributed by atoms with Crippen LogP contribution in [0.3, 0.4) is 0 Å². The highest BCUT2D eigenvalue weighted by Gasteiger charge is 2.25. The molecule has 1 aromatic heterocycles. The van der Waals surface area contributed by atoms with Gasteiger partial charge in [0, 0.05) is 28.1 Å². The lowest BCUT2D eigenvalue weighted by molar-refractivity contribution is 0.957. The van der Waals surface area contributed by atoms with Crippen LogP contribution in [0, 0.1) is 0 Å². The lowest BCUT2D eigenvalue weighted by Gasteiger charge is -2.14. The van der Waals surface area contributed by atoms with Gasteiger partial charge in [-0.1, -0.05) is 189 Å². The molecule has 2 heteroatoms. The van der Waals surface area contributed by atoms with E-state index in [1.165, 1.54) is 5.56 Å². The molecule has 54 heavy (non-hydrogen) atoms. The molecule has 1 aliphatic rings. The number of hydrogen-bond acceptors (Lipinski definition) is 2. The zero-order chi connectivity index (χ0) is 39.4. The summed E-state index contributed by atoms with van der Waals surface area (Å²) in [6.07, 6.45) is 0. The molecule has 254 valence electrons. The summed E-state index contributed by atoms with van der Waals surface area (Å²) in [7, 11) is 0. The zero-order valence-corrected chi connectivity index (χ0v) is 29.4. The third kappa shape index (κ3) is 5.60. The number of nitrogens with zero attached hydrogens (tertiary/aromatic N) is 2. The van der Waals surface area contributed by atoms with Crippen molar-refractivity contribution < 1.29 is 5.48 Å². The fourth-order valence-corrected chi connectivity index (χ4v) is 7.78. The molecule has 2 nitrogen and oxygen atoms in total. The first-order valence-electron chi connectivity index (χ1n) is 20.2. The van der Waals surface area contributed by atoms with Gasteiger partial charge in [0.2, 0.25) is 0 Å². The van der Waals surface area contributed by atoms with Crippen molar-refractivity contribution >= 4 is 10.8 Å². The molecule has 0 fully saturated rings. The van der Waals surface area contributed by atoms with E-state index < -0.39 is 12.7 Å². The fourth-order valence-electron chi connectivity index (χ4n) is 7.78. The second-order valence-corrected chi connectivity index (χ2v) is 13.7. The molecule has 9 aromatic rings. The Labute approximate surface area is 321 Å². The van der Waals surface area contributed by atoms with Gasteiger partial charge in [-0.05, 0) is 78.5 Å². The van der Waals surface area contributed by atoms with Crippen molar-refractivity contribution in [3.05, 3.63) is 205 Å². The summed E-state index contributed by atoms with van der Waals surface area (Å²) in [6, 6.07) is 65.6. The average molecular weight is 693 g/mol. The normalized spacial score (nSPS) is 15.8. The van der Waals surface area contributed by atoms with E-state index in [0.717, 1.165) is 77.8 Å². The van der Waals surface area contributed by atoms with Crippen molar-refractivity contribution in [2.24, 2.45) is 0 Å². The van der Waals surface area contributed by atoms with Gasteiger partial charge in [-0.3, -0.25) is 0 Å². The third-order valence-corrected chi connectivity index (χ3v) is 10.6. The van der Waals surface area contributed by atoms with Crippen LogP contribution in [-0.2, 0) is 0 Å². The van der Waals surface area contributed by atoms with Crippen LogP contribution in [0.2, 0.25) is 0 Å². The molecule has 1 aliphatic carbocycles. The van der Waals surface area contributed by atoms with Crippen molar-refractivity contribution in [3.63, 3.8) is 0 Å². The summed E-state index contributed by atoms with van der Waals surface area (Å²) in [6.45, 7) is -2.53. The molecule has 0 saturated carbocycles. The lowest BCUT2D eigenvalue weighted by atomic mass is 9.91. The first kappa shape index (κ1) is 27.7. The van der Waals surface area contributed by atoms with E-state index >= 15 is 0 Å². The van der Waals surface area contributed by atoms with Crippen LogP contribution < -0.4 is 0 Å². The molecular formula is C52H36N2.